The lowest BCUT2D eigenvalue weighted by Crippen LogP contribution is -2.60. The molecule has 0 bridgehead atoms. The number of alkyl carbamates (subject to hydrolysis) is 2. The van der Waals surface area contributed by atoms with Crippen molar-refractivity contribution in [1.29, 1.82) is 5.26 Å². The molecule has 6 aromatic rings. The van der Waals surface area contributed by atoms with Crippen LogP contribution in [0, 0.1) is 29.1 Å². The minimum atomic E-state index is -1.94. The minimum absolute atomic E-state index is 0.0163. The lowest BCUT2D eigenvalue weighted by molar-refractivity contribution is -0.295. The molecule has 9 N–H and O–H groups in total. The quantitative estimate of drug-likeness (QED) is 0.00618. The molecule has 2 fully saturated rings. The fourth-order valence-electron chi connectivity index (χ4n) is 15.0. The Balaban J connectivity index is 0.891. The molecule has 0 radical (unpaired) electrons. The zero-order valence-electron chi connectivity index (χ0n) is 73.0. The van der Waals surface area contributed by atoms with Crippen LogP contribution in [0.5, 0.6) is 23.0 Å². The summed E-state index contributed by atoms with van der Waals surface area (Å²) in [7, 11) is 4.22. The second kappa shape index (κ2) is 50.7. The normalized spacial score (nSPS) is 19.1. The largest absolute Gasteiger partial charge is 0.497 e. The molecule has 8 rings (SSSR count). The molecule has 2 saturated heterocycles. The Hall–Kier alpha value is -11.6. The molecule has 2 aliphatic rings. The van der Waals surface area contributed by atoms with E-state index in [1.54, 1.807) is 62.8 Å². The molecule has 0 spiro atoms. The first kappa shape index (κ1) is 101. The van der Waals surface area contributed by atoms with E-state index < -0.39 is 192 Å². The van der Waals surface area contributed by atoms with Crippen molar-refractivity contribution in [2.45, 2.75) is 159 Å². The number of carboxylic acid groups (broad SMARTS) is 1. The first-order valence-electron chi connectivity index (χ1n) is 41.4. The van der Waals surface area contributed by atoms with Crippen molar-refractivity contribution in [3.05, 3.63) is 191 Å². The number of ether oxygens (including phenoxy) is 15. The average Bonchev–Trinajstić information content (AvgIpc) is 0.758. The Labute approximate surface area is 739 Å². The molecule has 2 unspecified atom stereocenters. The minimum Gasteiger partial charge on any atom is -0.497 e. The van der Waals surface area contributed by atoms with E-state index in [0.717, 1.165) is 20.8 Å². The molecule has 36 nitrogen and oxygen atoms in total. The van der Waals surface area contributed by atoms with Crippen molar-refractivity contribution in [2.24, 2.45) is 29.2 Å². The zero-order chi connectivity index (χ0) is 92.2. The number of rotatable bonds is 51. The van der Waals surface area contributed by atoms with Crippen molar-refractivity contribution in [3.63, 3.8) is 0 Å². The van der Waals surface area contributed by atoms with Crippen LogP contribution >= 0.6 is 8.53 Å². The molecule has 6 amide bonds. The summed E-state index contributed by atoms with van der Waals surface area (Å²) in [6.45, 7) is 7.53. The van der Waals surface area contributed by atoms with Crippen molar-refractivity contribution in [1.82, 2.24) is 25.9 Å². The van der Waals surface area contributed by atoms with Gasteiger partial charge in [-0.3, -0.25) is 38.4 Å². The fraction of sp³-hybridized carbons (Fsp3) is 0.478. The summed E-state index contributed by atoms with van der Waals surface area (Å²) in [5.74, 6) is -7.81. The highest BCUT2D eigenvalue weighted by atomic mass is 31.2. The maximum atomic E-state index is 13.6. The molecule has 6 aromatic carbocycles. The molecule has 0 saturated carbocycles. The maximum absolute atomic E-state index is 13.6. The lowest BCUT2D eigenvalue weighted by Gasteiger charge is -2.46. The third-order valence-electron chi connectivity index (χ3n) is 20.6. The summed E-state index contributed by atoms with van der Waals surface area (Å²) >= 11 is 0. The van der Waals surface area contributed by atoms with Crippen LogP contribution < -0.4 is 51.7 Å². The SMILES string of the molecule is COc1ccc(C(OC[C@@H]2O[C@@H](OCCCNC(=O)CNC(=O)OCC(COP(OCCC#N)N(C(C)C)C(C)C)OC(=O)NCC(=O)NCCCO[C@@H]3O[C@H](COC(c4ccccc4)(c4ccc(OC)cc4)c4ccc(OC)cc4)[C@H](OC(C)=O)[C@H](OC(C)=O)[C@H]3CC(N)=O)[C@H](CC(N)=O)[C@H](OC(C)=O)[C@H]2CC(=O)O)(c2ccccc2)c2ccc(OC)cc2)cc1. The van der Waals surface area contributed by atoms with Crippen LogP contribution in [0.15, 0.2) is 158 Å². The van der Waals surface area contributed by atoms with E-state index in [0.29, 0.717) is 56.4 Å². The van der Waals surface area contributed by atoms with Gasteiger partial charge < -0.3 is 118 Å². The first-order valence-corrected chi connectivity index (χ1v) is 42.5. The van der Waals surface area contributed by atoms with Crippen molar-refractivity contribution >= 4 is 68.2 Å². The summed E-state index contributed by atoms with van der Waals surface area (Å²) in [4.78, 5) is 131. The number of hydrogen-bond donors (Lipinski definition) is 7. The Kier molecular flexibility index (Phi) is 40.2. The van der Waals surface area contributed by atoms with E-state index in [1.165, 1.54) is 14.2 Å². The van der Waals surface area contributed by atoms with Crippen molar-refractivity contribution < 1.29 is 133 Å². The summed E-state index contributed by atoms with van der Waals surface area (Å²) in [6, 6.07) is 49.2. The van der Waals surface area contributed by atoms with E-state index in [9.17, 15) is 58.3 Å². The lowest BCUT2D eigenvalue weighted by atomic mass is 9.78. The van der Waals surface area contributed by atoms with Gasteiger partial charge in [-0.1, -0.05) is 109 Å². The highest BCUT2D eigenvalue weighted by Crippen LogP contribution is 2.49. The van der Waals surface area contributed by atoms with Gasteiger partial charge in [0, 0.05) is 64.7 Å². The predicted octanol–water partition coefficient (Wildman–Crippen LogP) is 8.52. The molecular formula is C90H115N8O28P. The van der Waals surface area contributed by atoms with Gasteiger partial charge in [0.05, 0.1) is 118 Å². The van der Waals surface area contributed by atoms with Crippen LogP contribution in [0.3, 0.4) is 0 Å². The molecule has 0 aromatic heterocycles. The fourth-order valence-corrected chi connectivity index (χ4v) is 16.6. The highest BCUT2D eigenvalue weighted by molar-refractivity contribution is 7.44. The Morgan fingerprint density at radius 2 is 0.866 bits per heavy atom. The molecule has 2 heterocycles. The zero-order valence-corrected chi connectivity index (χ0v) is 73.9. The Morgan fingerprint density at radius 3 is 1.26 bits per heavy atom. The number of nitriles is 1. The van der Waals surface area contributed by atoms with E-state index in [-0.39, 0.29) is 77.5 Å². The van der Waals surface area contributed by atoms with Crippen LogP contribution in [0.1, 0.15) is 120 Å². The molecule has 12 atom stereocenters. The number of amides is 6. The van der Waals surface area contributed by atoms with Crippen molar-refractivity contribution in [3.8, 4) is 29.1 Å². The van der Waals surface area contributed by atoms with Crippen LogP contribution in [0.25, 0.3) is 0 Å². The Bertz CT molecular complexity index is 4450. The number of primary amides is 2. The number of nitrogens with zero attached hydrogens (tertiary/aromatic N) is 2. The number of methoxy groups -OCH3 is 4. The van der Waals surface area contributed by atoms with Crippen molar-refractivity contribution in [2.75, 3.05) is 101 Å². The number of esters is 3. The van der Waals surface area contributed by atoms with Gasteiger partial charge in [-0.2, -0.15) is 5.26 Å². The number of carbonyl (C=O) groups is 10. The van der Waals surface area contributed by atoms with Gasteiger partial charge in [-0.25, -0.2) is 14.3 Å². The number of hydrogen-bond acceptors (Lipinski definition) is 29. The molecule has 0 aliphatic carbocycles. The van der Waals surface area contributed by atoms with Gasteiger partial charge in [0.2, 0.25) is 23.6 Å². The van der Waals surface area contributed by atoms with E-state index in [1.807, 2.05) is 148 Å². The van der Waals surface area contributed by atoms with E-state index >= 15 is 0 Å². The third-order valence-corrected chi connectivity index (χ3v) is 22.6. The van der Waals surface area contributed by atoms with Gasteiger partial charge in [0.1, 0.15) is 59.1 Å². The standard InChI is InChI=1S/C90H115N8O28P/c1-56(2)98(57(3)4)127(119-46-18-41-91)120-53-71(124-88(109)97-51-80(105)95-43-20-45-115-86-74(48-78(93)103)83(122-59(6)100)84(123-60(7)101)76(126-86)55-118-90(62-23-16-13-17-24-62,65-29-37-69(112-10)38-30-65)66-31-39-70(113-11)40-32-66)52-116-87(108)96-50-79(104)94-42-19-44-114-85-73(47-77(92)102)82(121-58(5)99)72(49-81(106)107)75(125-85)54-117-89(61-21-14-12-15-22-61,63-25-33-67(110-8)34-26-63)64-27-35-68(111-9)36-28-64/h12-17,21-40,56-57,71-76,82-86H,18-20,42-55H2,1-11H3,(H2,92,102)(H2,93,103)(H,94,104)(H,95,105)(H,96,108)(H,97,109)(H,106,107)/t71?,72-,73+,74+,75-,76+,82+,83+,84-,85+,86+,127?/m0/s1. The summed E-state index contributed by atoms with van der Waals surface area (Å²) in [5, 5.41) is 29.8. The Morgan fingerprint density at radius 1 is 0.480 bits per heavy atom. The second-order valence-electron chi connectivity index (χ2n) is 30.2. The van der Waals surface area contributed by atoms with Gasteiger partial charge in [0.15, 0.2) is 24.8 Å². The summed E-state index contributed by atoms with van der Waals surface area (Å²) in [6.07, 6.45) is -14.3. The number of benzene rings is 6. The van der Waals surface area contributed by atoms with Crippen LogP contribution in [0.2, 0.25) is 0 Å². The van der Waals surface area contributed by atoms with E-state index in [2.05, 4.69) is 21.3 Å². The van der Waals surface area contributed by atoms with Gasteiger partial charge in [0.25, 0.3) is 8.53 Å². The number of aliphatic carboxylic acids is 1. The summed E-state index contributed by atoms with van der Waals surface area (Å²) < 4.78 is 105. The number of nitrogens with two attached hydrogens (primary N) is 2. The topological polar surface area (TPSA) is 475 Å². The summed E-state index contributed by atoms with van der Waals surface area (Å²) in [5.41, 5.74) is 12.7. The molecule has 127 heavy (non-hydrogen) atoms. The van der Waals surface area contributed by atoms with Crippen LogP contribution in [0.4, 0.5) is 9.59 Å². The molecular weight excluding hydrogens is 1670 g/mol. The molecule has 2 aliphatic heterocycles. The molecule has 37 heteroatoms. The predicted molar refractivity (Wildman–Crippen MR) is 457 cm³/mol. The number of carbonyl (C=O) groups excluding carboxylic acids is 9. The average molecular weight is 1790 g/mol. The first-order chi connectivity index (χ1) is 61.0. The highest BCUT2D eigenvalue weighted by Gasteiger charge is 2.54. The van der Waals surface area contributed by atoms with E-state index in [4.69, 9.17) is 91.6 Å². The maximum Gasteiger partial charge on any atom is 0.408 e. The molecule has 688 valence electrons. The van der Waals surface area contributed by atoms with Gasteiger partial charge in [-0.15, -0.1) is 0 Å². The van der Waals surface area contributed by atoms with Crippen LogP contribution in [-0.2, 0) is 111 Å². The van der Waals surface area contributed by atoms with Gasteiger partial charge in [-0.05, 0) is 122 Å². The number of nitrogens with one attached hydrogen (secondary N) is 4. The van der Waals surface area contributed by atoms with Crippen LogP contribution in [-0.4, -0.2) is 232 Å². The monoisotopic (exact) mass is 1790 g/mol. The van der Waals surface area contributed by atoms with Gasteiger partial charge >= 0.3 is 36.1 Å². The third kappa shape index (κ3) is 29.5. The number of carboxylic acids is 1. The second-order valence-corrected chi connectivity index (χ2v) is 31.6. The smallest absolute Gasteiger partial charge is 0.408 e.